The second-order valence-electron chi connectivity index (χ2n) is 3.02. The van der Waals surface area contributed by atoms with Crippen molar-refractivity contribution in [3.63, 3.8) is 0 Å². The van der Waals surface area contributed by atoms with Gasteiger partial charge in [-0.2, -0.15) is 0 Å². The molecule has 3 nitrogen and oxygen atoms in total. The van der Waals surface area contributed by atoms with E-state index < -0.39 is 0 Å². The smallest absolute Gasteiger partial charge is 0.126 e. The van der Waals surface area contributed by atoms with E-state index in [0.29, 0.717) is 0 Å². The summed E-state index contributed by atoms with van der Waals surface area (Å²) >= 11 is 1.66. The quantitative estimate of drug-likeness (QED) is 0.787. The number of furan rings is 1. The minimum atomic E-state index is 0.832. The van der Waals surface area contributed by atoms with E-state index in [1.807, 2.05) is 36.0 Å². The Hall–Kier alpha value is -1.39. The molecule has 0 radical (unpaired) electrons. The molecule has 2 heterocycles. The first-order valence-corrected chi connectivity index (χ1v) is 5.61. The highest BCUT2D eigenvalue weighted by atomic mass is 32.1. The van der Waals surface area contributed by atoms with Crippen molar-refractivity contribution in [1.29, 1.82) is 0 Å². The molecule has 0 atom stereocenters. The molecule has 0 aromatic carbocycles. The monoisotopic (exact) mass is 220 g/mol. The third kappa shape index (κ3) is 3.34. The maximum atomic E-state index is 5.16. The van der Waals surface area contributed by atoms with Crippen molar-refractivity contribution in [2.45, 2.75) is 6.54 Å². The normalized spacial score (nSPS) is 11.2. The first-order chi connectivity index (χ1) is 7.45. The van der Waals surface area contributed by atoms with Crippen LogP contribution in [-0.2, 0) is 6.54 Å². The van der Waals surface area contributed by atoms with E-state index in [9.17, 15) is 0 Å². The van der Waals surface area contributed by atoms with Gasteiger partial charge in [0.2, 0.25) is 0 Å². The Morgan fingerprint density at radius 3 is 3.27 bits per heavy atom. The van der Waals surface area contributed by atoms with Crippen molar-refractivity contribution in [1.82, 2.24) is 10.3 Å². The molecule has 2 aromatic heterocycles. The van der Waals surface area contributed by atoms with Gasteiger partial charge in [-0.05, 0) is 18.2 Å². The topological polar surface area (TPSA) is 38.1 Å². The minimum absolute atomic E-state index is 0.832. The number of nitrogens with zero attached hydrogens (tertiary/aromatic N) is 1. The zero-order valence-electron chi connectivity index (χ0n) is 8.22. The molecule has 78 valence electrons. The van der Waals surface area contributed by atoms with E-state index in [1.165, 1.54) is 4.88 Å². The van der Waals surface area contributed by atoms with Crippen LogP contribution in [0.2, 0.25) is 0 Å². The lowest BCUT2D eigenvalue weighted by Gasteiger charge is -1.96. The highest BCUT2D eigenvalue weighted by Gasteiger charge is 1.91. The fraction of sp³-hybridized carbons (Fsp3) is 0.182. The van der Waals surface area contributed by atoms with Crippen LogP contribution in [0.15, 0.2) is 40.6 Å². The predicted molar refractivity (Wildman–Crippen MR) is 61.6 cm³/mol. The summed E-state index contributed by atoms with van der Waals surface area (Å²) in [6.45, 7) is 1.70. The minimum Gasteiger partial charge on any atom is -0.465 e. The van der Waals surface area contributed by atoms with Crippen molar-refractivity contribution < 1.29 is 4.42 Å². The van der Waals surface area contributed by atoms with Gasteiger partial charge in [-0.25, -0.2) is 0 Å². The number of nitrogens with one attached hydrogen (secondary N) is 1. The summed E-state index contributed by atoms with van der Waals surface area (Å²) in [6, 6.07) is 3.81. The van der Waals surface area contributed by atoms with Gasteiger partial charge in [-0.3, -0.25) is 4.98 Å². The molecular formula is C11H12N2OS. The van der Waals surface area contributed by atoms with Crippen molar-refractivity contribution in [3.05, 3.63) is 46.8 Å². The molecule has 15 heavy (non-hydrogen) atoms. The van der Waals surface area contributed by atoms with Crippen LogP contribution in [0.4, 0.5) is 0 Å². The maximum Gasteiger partial charge on any atom is 0.126 e. The van der Waals surface area contributed by atoms with Crippen LogP contribution in [0.1, 0.15) is 10.6 Å². The Morgan fingerprint density at radius 1 is 1.53 bits per heavy atom. The Kier molecular flexibility index (Phi) is 3.70. The molecule has 0 aliphatic carbocycles. The van der Waals surface area contributed by atoms with Crippen molar-refractivity contribution >= 4 is 17.4 Å². The van der Waals surface area contributed by atoms with E-state index >= 15 is 0 Å². The number of aromatic nitrogens is 1. The van der Waals surface area contributed by atoms with Gasteiger partial charge in [-0.1, -0.05) is 6.08 Å². The van der Waals surface area contributed by atoms with Crippen LogP contribution in [0.5, 0.6) is 0 Å². The zero-order chi connectivity index (χ0) is 10.3. The molecule has 0 fully saturated rings. The van der Waals surface area contributed by atoms with E-state index in [1.54, 1.807) is 17.6 Å². The summed E-state index contributed by atoms with van der Waals surface area (Å²) in [6.07, 6.45) is 7.55. The highest BCUT2D eigenvalue weighted by molar-refractivity contribution is 7.09. The summed E-state index contributed by atoms with van der Waals surface area (Å²) in [5.74, 6) is 0.884. The summed E-state index contributed by atoms with van der Waals surface area (Å²) in [4.78, 5) is 5.26. The average Bonchev–Trinajstić information content (AvgIpc) is 2.88. The van der Waals surface area contributed by atoms with Crippen LogP contribution in [0.3, 0.4) is 0 Å². The lowest BCUT2D eigenvalue weighted by Crippen LogP contribution is -2.11. The molecule has 0 aliphatic heterocycles. The fourth-order valence-corrected chi connectivity index (χ4v) is 1.73. The molecule has 1 N–H and O–H groups in total. The van der Waals surface area contributed by atoms with Gasteiger partial charge in [0.15, 0.2) is 0 Å². The van der Waals surface area contributed by atoms with Gasteiger partial charge in [0.05, 0.1) is 11.8 Å². The largest absolute Gasteiger partial charge is 0.465 e. The van der Waals surface area contributed by atoms with E-state index in [0.717, 1.165) is 18.8 Å². The second kappa shape index (κ2) is 5.48. The fourth-order valence-electron chi connectivity index (χ4n) is 1.17. The molecule has 2 rings (SSSR count). The zero-order valence-corrected chi connectivity index (χ0v) is 9.04. The molecule has 0 unspecified atom stereocenters. The Bertz CT molecular complexity index is 392. The standard InChI is InChI=1S/C11H12N2OS/c1(3-10-4-2-6-14-10)5-12-7-11-8-13-9-15-11/h1-4,6,8-9,12H,5,7H2/b3-1+. The SMILES string of the molecule is C(=C\c1ccco1)/CNCc1cncs1. The van der Waals surface area contributed by atoms with Crippen LogP contribution in [-0.4, -0.2) is 11.5 Å². The van der Waals surface area contributed by atoms with Crippen molar-refractivity contribution in [3.8, 4) is 0 Å². The van der Waals surface area contributed by atoms with Gasteiger partial charge in [0, 0.05) is 24.2 Å². The third-order valence-electron chi connectivity index (χ3n) is 1.87. The van der Waals surface area contributed by atoms with Crippen LogP contribution in [0.25, 0.3) is 6.08 Å². The van der Waals surface area contributed by atoms with E-state index in [4.69, 9.17) is 4.42 Å². The van der Waals surface area contributed by atoms with Crippen LogP contribution >= 0.6 is 11.3 Å². The first kappa shape index (κ1) is 10.1. The molecule has 0 saturated heterocycles. The van der Waals surface area contributed by atoms with Gasteiger partial charge < -0.3 is 9.73 Å². The molecule has 0 bridgehead atoms. The summed E-state index contributed by atoms with van der Waals surface area (Å²) in [5, 5.41) is 3.29. The van der Waals surface area contributed by atoms with Gasteiger partial charge >= 0.3 is 0 Å². The molecule has 0 aliphatic rings. The van der Waals surface area contributed by atoms with Crippen LogP contribution < -0.4 is 5.32 Å². The molecule has 0 spiro atoms. The first-order valence-electron chi connectivity index (χ1n) is 4.73. The number of rotatable bonds is 5. The lowest BCUT2D eigenvalue weighted by atomic mass is 10.4. The highest BCUT2D eigenvalue weighted by Crippen LogP contribution is 2.04. The van der Waals surface area contributed by atoms with E-state index in [2.05, 4.69) is 10.3 Å². The van der Waals surface area contributed by atoms with Gasteiger partial charge in [0.1, 0.15) is 5.76 Å². The molecule has 2 aromatic rings. The third-order valence-corrected chi connectivity index (χ3v) is 2.65. The second-order valence-corrected chi connectivity index (χ2v) is 3.99. The Morgan fingerprint density at radius 2 is 2.53 bits per heavy atom. The Labute approximate surface area is 92.5 Å². The summed E-state index contributed by atoms with van der Waals surface area (Å²) in [7, 11) is 0. The van der Waals surface area contributed by atoms with Gasteiger partial charge in [-0.15, -0.1) is 11.3 Å². The van der Waals surface area contributed by atoms with Gasteiger partial charge in [0.25, 0.3) is 0 Å². The number of hydrogen-bond donors (Lipinski definition) is 1. The van der Waals surface area contributed by atoms with Crippen molar-refractivity contribution in [2.75, 3.05) is 6.54 Å². The molecule has 0 amide bonds. The lowest BCUT2D eigenvalue weighted by molar-refractivity contribution is 0.556. The molecule has 0 saturated carbocycles. The molecular weight excluding hydrogens is 208 g/mol. The maximum absolute atomic E-state index is 5.16. The number of hydrogen-bond acceptors (Lipinski definition) is 4. The van der Waals surface area contributed by atoms with Crippen LogP contribution in [0, 0.1) is 0 Å². The average molecular weight is 220 g/mol. The molecule has 4 heteroatoms. The predicted octanol–water partition coefficient (Wildman–Crippen LogP) is 2.54. The van der Waals surface area contributed by atoms with Crippen molar-refractivity contribution in [2.24, 2.45) is 0 Å². The van der Waals surface area contributed by atoms with E-state index in [-0.39, 0.29) is 0 Å². The Balaban J connectivity index is 1.67. The summed E-state index contributed by atoms with van der Waals surface area (Å²) < 4.78 is 5.16. The number of thiazole rings is 1. The summed E-state index contributed by atoms with van der Waals surface area (Å²) in [5.41, 5.74) is 1.84.